The molecule has 1 unspecified atom stereocenters. The van der Waals surface area contributed by atoms with E-state index in [-0.39, 0.29) is 24.1 Å². The molecule has 0 saturated carbocycles. The molecule has 6 nitrogen and oxygen atoms in total. The van der Waals surface area contributed by atoms with Gasteiger partial charge in [-0.2, -0.15) is 0 Å². The van der Waals surface area contributed by atoms with Gasteiger partial charge in [-0.3, -0.25) is 9.59 Å². The number of pyridine rings is 1. The molecule has 27 heavy (non-hydrogen) atoms. The first-order chi connectivity index (χ1) is 13.0. The van der Waals surface area contributed by atoms with Crippen molar-refractivity contribution in [2.45, 2.75) is 32.0 Å². The summed E-state index contributed by atoms with van der Waals surface area (Å²) in [5, 5.41) is 0. The summed E-state index contributed by atoms with van der Waals surface area (Å²) in [6.45, 7) is 1.68. The number of hydrogen-bond donors (Lipinski definition) is 0. The van der Waals surface area contributed by atoms with Crippen molar-refractivity contribution in [3.63, 3.8) is 0 Å². The van der Waals surface area contributed by atoms with Crippen LogP contribution in [0.25, 0.3) is 0 Å². The highest BCUT2D eigenvalue weighted by Gasteiger charge is 2.23. The normalized spacial score (nSPS) is 16.3. The van der Waals surface area contributed by atoms with Crippen LogP contribution >= 0.6 is 15.9 Å². The monoisotopic (exact) mass is 434 g/mol. The predicted molar refractivity (Wildman–Crippen MR) is 106 cm³/mol. The highest BCUT2D eigenvalue weighted by atomic mass is 79.9. The number of carbonyl (C=O) groups is 1. The van der Waals surface area contributed by atoms with Crippen LogP contribution in [0.2, 0.25) is 0 Å². The lowest BCUT2D eigenvalue weighted by atomic mass is 10.1. The van der Waals surface area contributed by atoms with Crippen LogP contribution in [-0.4, -0.2) is 41.7 Å². The molecule has 2 aromatic rings. The molecule has 0 bridgehead atoms. The van der Waals surface area contributed by atoms with Crippen molar-refractivity contribution in [1.82, 2.24) is 9.47 Å². The topological polar surface area (TPSA) is 60.8 Å². The van der Waals surface area contributed by atoms with E-state index >= 15 is 0 Å². The van der Waals surface area contributed by atoms with Gasteiger partial charge in [0.25, 0.3) is 5.56 Å². The number of carbonyl (C=O) groups excluding carboxylic acids is 1. The van der Waals surface area contributed by atoms with Gasteiger partial charge in [0.05, 0.1) is 13.2 Å². The van der Waals surface area contributed by atoms with Crippen molar-refractivity contribution < 1.29 is 14.3 Å². The highest BCUT2D eigenvalue weighted by molar-refractivity contribution is 9.10. The molecule has 1 atom stereocenters. The fourth-order valence-electron chi connectivity index (χ4n) is 3.15. The first-order valence-corrected chi connectivity index (χ1v) is 9.73. The number of halogens is 1. The van der Waals surface area contributed by atoms with Crippen LogP contribution < -0.4 is 10.3 Å². The zero-order chi connectivity index (χ0) is 19.2. The van der Waals surface area contributed by atoms with E-state index in [0.29, 0.717) is 13.1 Å². The third kappa shape index (κ3) is 5.43. The van der Waals surface area contributed by atoms with E-state index in [9.17, 15) is 9.59 Å². The number of nitrogens with zero attached hydrogens (tertiary/aromatic N) is 2. The van der Waals surface area contributed by atoms with Gasteiger partial charge in [0.2, 0.25) is 5.91 Å². The van der Waals surface area contributed by atoms with Gasteiger partial charge in [-0.25, -0.2) is 0 Å². The Morgan fingerprint density at radius 1 is 1.37 bits per heavy atom. The molecule has 1 aromatic carbocycles. The predicted octanol–water partition coefficient (Wildman–Crippen LogP) is 2.83. The minimum Gasteiger partial charge on any atom is -0.497 e. The zero-order valence-corrected chi connectivity index (χ0v) is 16.9. The van der Waals surface area contributed by atoms with Gasteiger partial charge in [-0.05, 0) is 52.5 Å². The Morgan fingerprint density at radius 2 is 2.22 bits per heavy atom. The van der Waals surface area contributed by atoms with Crippen molar-refractivity contribution in [2.75, 3.05) is 20.3 Å². The van der Waals surface area contributed by atoms with Crippen LogP contribution in [0.1, 0.15) is 18.4 Å². The summed E-state index contributed by atoms with van der Waals surface area (Å²) < 4.78 is 13.2. The number of aromatic nitrogens is 1. The Morgan fingerprint density at radius 3 is 2.96 bits per heavy atom. The Bertz CT molecular complexity index is 846. The minimum atomic E-state index is -0.204. The van der Waals surface area contributed by atoms with Crippen LogP contribution in [0.5, 0.6) is 5.75 Å². The summed E-state index contributed by atoms with van der Waals surface area (Å²) in [7, 11) is 1.62. The maximum absolute atomic E-state index is 13.0. The summed E-state index contributed by atoms with van der Waals surface area (Å²) in [5.74, 6) is 0.633. The average Bonchev–Trinajstić information content (AvgIpc) is 3.17. The van der Waals surface area contributed by atoms with Crippen LogP contribution in [0, 0.1) is 0 Å². The van der Waals surface area contributed by atoms with Crippen molar-refractivity contribution in [3.8, 4) is 5.75 Å². The molecule has 1 amide bonds. The molecule has 1 aromatic heterocycles. The Labute approximate surface area is 166 Å². The Hall–Kier alpha value is -2.12. The SMILES string of the molecule is COc1cccc(CN(CC2CCCO2)C(=O)Cn2cc(Br)ccc2=O)c1. The molecule has 144 valence electrons. The quantitative estimate of drug-likeness (QED) is 0.671. The summed E-state index contributed by atoms with van der Waals surface area (Å²) in [6.07, 6.45) is 3.63. The lowest BCUT2D eigenvalue weighted by Crippen LogP contribution is -2.40. The minimum absolute atomic E-state index is 0.00500. The smallest absolute Gasteiger partial charge is 0.251 e. The lowest BCUT2D eigenvalue weighted by Gasteiger charge is -2.26. The van der Waals surface area contributed by atoms with Crippen LogP contribution in [-0.2, 0) is 22.6 Å². The molecule has 0 aliphatic carbocycles. The summed E-state index contributed by atoms with van der Waals surface area (Å²) in [6, 6.07) is 10.8. The molecular weight excluding hydrogens is 412 g/mol. The van der Waals surface area contributed by atoms with Crippen molar-refractivity contribution in [2.24, 2.45) is 0 Å². The summed E-state index contributed by atoms with van der Waals surface area (Å²) in [4.78, 5) is 26.8. The molecule has 1 aliphatic rings. The van der Waals surface area contributed by atoms with Gasteiger partial charge < -0.3 is 18.9 Å². The van der Waals surface area contributed by atoms with E-state index in [0.717, 1.165) is 35.2 Å². The fraction of sp³-hybridized carbons (Fsp3) is 0.400. The average molecular weight is 435 g/mol. The second-order valence-corrected chi connectivity index (χ2v) is 7.49. The third-order valence-electron chi connectivity index (χ3n) is 4.56. The molecule has 0 radical (unpaired) electrons. The van der Waals surface area contributed by atoms with Crippen LogP contribution in [0.3, 0.4) is 0 Å². The molecule has 1 fully saturated rings. The number of amides is 1. The molecule has 1 aliphatic heterocycles. The fourth-order valence-corrected chi connectivity index (χ4v) is 3.53. The van der Waals surface area contributed by atoms with Gasteiger partial charge in [-0.15, -0.1) is 0 Å². The van der Waals surface area contributed by atoms with E-state index in [1.54, 1.807) is 24.3 Å². The molecule has 3 rings (SSSR count). The lowest BCUT2D eigenvalue weighted by molar-refractivity contribution is -0.134. The molecule has 7 heteroatoms. The number of hydrogen-bond acceptors (Lipinski definition) is 4. The van der Waals surface area contributed by atoms with Crippen molar-refractivity contribution >= 4 is 21.8 Å². The zero-order valence-electron chi connectivity index (χ0n) is 15.3. The summed E-state index contributed by atoms with van der Waals surface area (Å²) >= 11 is 3.35. The largest absolute Gasteiger partial charge is 0.497 e. The van der Waals surface area contributed by atoms with Gasteiger partial charge in [-0.1, -0.05) is 12.1 Å². The maximum Gasteiger partial charge on any atom is 0.251 e. The van der Waals surface area contributed by atoms with Gasteiger partial charge in [0.15, 0.2) is 0 Å². The summed E-state index contributed by atoms with van der Waals surface area (Å²) in [5.41, 5.74) is 0.771. The number of rotatable bonds is 7. The van der Waals surface area contributed by atoms with E-state index in [1.165, 1.54) is 10.6 Å². The van der Waals surface area contributed by atoms with Gasteiger partial charge in [0, 0.05) is 36.4 Å². The Balaban J connectivity index is 1.78. The van der Waals surface area contributed by atoms with Crippen LogP contribution in [0.4, 0.5) is 0 Å². The number of ether oxygens (including phenoxy) is 2. The standard InChI is InChI=1S/C20H23BrN2O4/c1-26-17-5-2-4-15(10-17)11-22(13-18-6-3-9-27-18)20(25)14-23-12-16(21)7-8-19(23)24/h2,4-5,7-8,10,12,18H,3,6,9,11,13-14H2,1H3. The second kappa shape index (κ2) is 9.19. The third-order valence-corrected chi connectivity index (χ3v) is 5.03. The number of benzene rings is 1. The molecule has 1 saturated heterocycles. The van der Waals surface area contributed by atoms with E-state index in [2.05, 4.69) is 15.9 Å². The van der Waals surface area contributed by atoms with E-state index in [1.807, 2.05) is 24.3 Å². The first kappa shape index (κ1) is 19.6. The molecule has 2 heterocycles. The van der Waals surface area contributed by atoms with Crippen LogP contribution in [0.15, 0.2) is 51.9 Å². The highest BCUT2D eigenvalue weighted by Crippen LogP contribution is 2.18. The number of methoxy groups -OCH3 is 1. The molecular formula is C20H23BrN2O4. The molecule has 0 N–H and O–H groups in total. The van der Waals surface area contributed by atoms with E-state index < -0.39 is 0 Å². The Kier molecular flexibility index (Phi) is 6.68. The first-order valence-electron chi connectivity index (χ1n) is 8.93. The van der Waals surface area contributed by atoms with Crippen molar-refractivity contribution in [3.05, 3.63) is 63.0 Å². The van der Waals surface area contributed by atoms with Gasteiger partial charge in [0.1, 0.15) is 12.3 Å². The maximum atomic E-state index is 13.0. The molecule has 0 spiro atoms. The van der Waals surface area contributed by atoms with Gasteiger partial charge >= 0.3 is 0 Å². The van der Waals surface area contributed by atoms with Crippen molar-refractivity contribution in [1.29, 1.82) is 0 Å². The second-order valence-electron chi connectivity index (χ2n) is 6.57. The van der Waals surface area contributed by atoms with E-state index in [4.69, 9.17) is 9.47 Å².